The maximum absolute atomic E-state index is 12.8. The van der Waals surface area contributed by atoms with E-state index in [4.69, 9.17) is 32.7 Å². The van der Waals surface area contributed by atoms with Crippen molar-refractivity contribution in [3.63, 3.8) is 0 Å². The number of carbonyl (C=O) groups is 1. The number of esters is 1. The number of hydrogen-bond donors (Lipinski definition) is 0. The number of rotatable bonds is 10. The van der Waals surface area contributed by atoms with Gasteiger partial charge in [-0.05, 0) is 42.0 Å². The Bertz CT molecular complexity index is 879. The lowest BCUT2D eigenvalue weighted by Crippen LogP contribution is -2.15. The van der Waals surface area contributed by atoms with E-state index in [0.717, 1.165) is 12.8 Å². The highest BCUT2D eigenvalue weighted by Gasteiger charge is 2.25. The van der Waals surface area contributed by atoms with Crippen molar-refractivity contribution in [3.8, 4) is 11.5 Å². The summed E-state index contributed by atoms with van der Waals surface area (Å²) in [6.07, 6.45) is 4.34. The van der Waals surface area contributed by atoms with Crippen LogP contribution in [-0.2, 0) is 16.0 Å². The van der Waals surface area contributed by atoms with Crippen LogP contribution >= 0.6 is 39.1 Å². The van der Waals surface area contributed by atoms with Crippen LogP contribution in [0.25, 0.3) is 0 Å². The molecule has 2 aromatic rings. The molecule has 0 N–H and O–H groups in total. The van der Waals surface area contributed by atoms with Crippen LogP contribution in [0.1, 0.15) is 30.1 Å². The van der Waals surface area contributed by atoms with E-state index in [1.165, 1.54) is 30.6 Å². The van der Waals surface area contributed by atoms with Crippen LogP contribution in [0.5, 0.6) is 11.5 Å². The van der Waals surface area contributed by atoms with Gasteiger partial charge in [0, 0.05) is 18.8 Å². The van der Waals surface area contributed by atoms with E-state index in [-0.39, 0.29) is 23.2 Å². The fourth-order valence-corrected chi connectivity index (χ4v) is 3.41. The van der Waals surface area contributed by atoms with Gasteiger partial charge in [-0.25, -0.2) is 0 Å². The predicted molar refractivity (Wildman–Crippen MR) is 112 cm³/mol. The molecule has 5 nitrogen and oxygen atoms in total. The fourth-order valence-electron chi connectivity index (χ4n) is 2.76. The topological polar surface area (TPSA) is 57.7 Å². The minimum absolute atomic E-state index is 0.0150. The van der Waals surface area contributed by atoms with Crippen LogP contribution in [0.4, 0.5) is 8.78 Å². The lowest BCUT2D eigenvalue weighted by Gasteiger charge is -2.21. The molecule has 0 bridgehead atoms. The number of hydrogen-bond acceptors (Lipinski definition) is 5. The largest absolute Gasteiger partial charge is 0.489 e. The molecule has 1 fully saturated rings. The van der Waals surface area contributed by atoms with E-state index < -0.39 is 18.7 Å². The van der Waals surface area contributed by atoms with Crippen molar-refractivity contribution < 1.29 is 27.8 Å². The molecule has 3 rings (SSSR count). The second-order valence-electron chi connectivity index (χ2n) is 6.74. The molecule has 1 aliphatic carbocycles. The van der Waals surface area contributed by atoms with Gasteiger partial charge in [0.1, 0.15) is 11.4 Å². The van der Waals surface area contributed by atoms with Crippen molar-refractivity contribution in [2.24, 2.45) is 5.92 Å². The molecule has 0 radical (unpaired) electrons. The molecule has 1 aromatic carbocycles. The van der Waals surface area contributed by atoms with Gasteiger partial charge in [0.15, 0.2) is 11.5 Å². The Labute approximate surface area is 190 Å². The van der Waals surface area contributed by atoms with Gasteiger partial charge < -0.3 is 14.2 Å². The Hall–Kier alpha value is -1.64. The number of halogens is 5. The van der Waals surface area contributed by atoms with E-state index in [1.807, 2.05) is 0 Å². The summed E-state index contributed by atoms with van der Waals surface area (Å²) in [7, 11) is 0. The zero-order valence-electron chi connectivity index (χ0n) is 15.6. The van der Waals surface area contributed by atoms with Crippen molar-refractivity contribution >= 4 is 45.1 Å². The maximum atomic E-state index is 12.8. The highest BCUT2D eigenvalue weighted by atomic mass is 79.9. The summed E-state index contributed by atoms with van der Waals surface area (Å²) < 4.78 is 41.4. The molecule has 30 heavy (non-hydrogen) atoms. The third kappa shape index (κ3) is 6.43. The molecular weight excluding hydrogens is 507 g/mol. The van der Waals surface area contributed by atoms with E-state index in [2.05, 4.69) is 25.7 Å². The first-order chi connectivity index (χ1) is 14.4. The average molecular weight is 525 g/mol. The molecule has 0 saturated heterocycles. The van der Waals surface area contributed by atoms with Gasteiger partial charge >= 0.3 is 12.6 Å². The summed E-state index contributed by atoms with van der Waals surface area (Å²) in [5, 5.41) is 0.634. The zero-order chi connectivity index (χ0) is 21.7. The summed E-state index contributed by atoms with van der Waals surface area (Å²) in [6, 6.07) is 4.45. The van der Waals surface area contributed by atoms with Crippen LogP contribution in [0.2, 0.25) is 10.0 Å². The normalized spacial score (nSPS) is 14.5. The van der Waals surface area contributed by atoms with Crippen LogP contribution in [0.3, 0.4) is 0 Å². The van der Waals surface area contributed by atoms with Gasteiger partial charge in [0.05, 0.1) is 16.7 Å². The van der Waals surface area contributed by atoms with Crippen molar-refractivity contribution in [1.82, 2.24) is 4.98 Å². The van der Waals surface area contributed by atoms with E-state index in [9.17, 15) is 13.6 Å². The summed E-state index contributed by atoms with van der Waals surface area (Å²) in [5.41, 5.74) is 1.08. The molecule has 162 valence electrons. The summed E-state index contributed by atoms with van der Waals surface area (Å²) >= 11 is 15.5. The molecule has 1 saturated carbocycles. The van der Waals surface area contributed by atoms with Gasteiger partial charge in [-0.3, -0.25) is 9.78 Å². The summed E-state index contributed by atoms with van der Waals surface area (Å²) in [5.74, 6) is -0.0226. The Kier molecular flexibility index (Phi) is 8.13. The highest BCUT2D eigenvalue weighted by molar-refractivity contribution is 9.09. The Morgan fingerprint density at radius 1 is 1.20 bits per heavy atom. The Balaban J connectivity index is 1.92. The van der Waals surface area contributed by atoms with Gasteiger partial charge in [-0.1, -0.05) is 45.2 Å². The predicted octanol–water partition coefficient (Wildman–Crippen LogP) is 6.00. The molecule has 0 aliphatic heterocycles. The molecule has 1 atom stereocenters. The zero-order valence-corrected chi connectivity index (χ0v) is 18.7. The number of ether oxygens (including phenoxy) is 3. The second-order valence-corrected chi connectivity index (χ2v) is 8.11. The Morgan fingerprint density at radius 3 is 2.50 bits per heavy atom. The number of benzene rings is 1. The SMILES string of the molecule is O=C(CBr)OC(Cc1c(Cl)cncc1Cl)c1ccc(OC(F)F)c(OCC2CC2)c1. The number of aromatic nitrogens is 1. The van der Waals surface area contributed by atoms with Crippen LogP contribution in [0.15, 0.2) is 30.6 Å². The van der Waals surface area contributed by atoms with E-state index in [0.29, 0.717) is 33.7 Å². The Morgan fingerprint density at radius 2 is 1.90 bits per heavy atom. The van der Waals surface area contributed by atoms with E-state index >= 15 is 0 Å². The monoisotopic (exact) mass is 523 g/mol. The molecular formula is C20H18BrCl2F2NO4. The molecule has 0 spiro atoms. The first-order valence-electron chi connectivity index (χ1n) is 9.12. The molecule has 1 aromatic heterocycles. The molecule has 1 unspecified atom stereocenters. The number of alkyl halides is 3. The summed E-state index contributed by atoms with van der Waals surface area (Å²) in [6.45, 7) is -2.59. The molecule has 1 aliphatic rings. The van der Waals surface area contributed by atoms with Crippen LogP contribution < -0.4 is 9.47 Å². The quantitative estimate of drug-likeness (QED) is 0.282. The van der Waals surface area contributed by atoms with Gasteiger partial charge in [-0.2, -0.15) is 8.78 Å². The van der Waals surface area contributed by atoms with Crippen molar-refractivity contribution in [3.05, 3.63) is 51.8 Å². The van der Waals surface area contributed by atoms with Crippen LogP contribution in [-0.4, -0.2) is 29.5 Å². The lowest BCUT2D eigenvalue weighted by atomic mass is 10.0. The number of carbonyl (C=O) groups excluding carboxylic acids is 1. The van der Waals surface area contributed by atoms with Crippen LogP contribution in [0, 0.1) is 5.92 Å². The highest BCUT2D eigenvalue weighted by Crippen LogP contribution is 2.37. The minimum Gasteiger partial charge on any atom is -0.489 e. The minimum atomic E-state index is -2.99. The fraction of sp³-hybridized carbons (Fsp3) is 0.400. The number of nitrogens with zero attached hydrogens (tertiary/aromatic N) is 1. The van der Waals surface area contributed by atoms with Crippen molar-refractivity contribution in [2.75, 3.05) is 11.9 Å². The van der Waals surface area contributed by atoms with E-state index in [1.54, 1.807) is 0 Å². The standard InChI is InChI=1S/C20H18BrCl2F2NO4/c21-7-19(27)29-17(6-13-14(22)8-26-9-15(13)23)12-3-4-16(30-20(24)25)18(5-12)28-10-11-1-2-11/h3-5,8-9,11,17,20H,1-2,6-7,10H2. The smallest absolute Gasteiger partial charge is 0.387 e. The molecule has 10 heteroatoms. The van der Waals surface area contributed by atoms with Gasteiger partial charge in [-0.15, -0.1) is 0 Å². The first kappa shape index (κ1) is 23.0. The third-order valence-corrected chi connectivity index (χ3v) is 5.56. The summed E-state index contributed by atoms with van der Waals surface area (Å²) in [4.78, 5) is 15.9. The second kappa shape index (κ2) is 10.6. The third-order valence-electron chi connectivity index (χ3n) is 4.45. The first-order valence-corrected chi connectivity index (χ1v) is 11.0. The molecule has 1 heterocycles. The molecule has 0 amide bonds. The number of pyridine rings is 1. The van der Waals surface area contributed by atoms with Gasteiger partial charge in [0.25, 0.3) is 0 Å². The van der Waals surface area contributed by atoms with Crippen molar-refractivity contribution in [2.45, 2.75) is 32.0 Å². The van der Waals surface area contributed by atoms with Crippen molar-refractivity contribution in [1.29, 1.82) is 0 Å². The lowest BCUT2D eigenvalue weighted by molar-refractivity contribution is -0.146. The maximum Gasteiger partial charge on any atom is 0.387 e. The average Bonchev–Trinajstić information content (AvgIpc) is 3.53. The van der Waals surface area contributed by atoms with Gasteiger partial charge in [0.2, 0.25) is 0 Å².